The molecule has 0 saturated heterocycles. The summed E-state index contributed by atoms with van der Waals surface area (Å²) in [4.78, 5) is 0.961. The smallest absolute Gasteiger partial charge is 0.0571 e. The maximum absolute atomic E-state index is 11.2. The summed E-state index contributed by atoms with van der Waals surface area (Å²) in [6.07, 6.45) is 7.83. The molecule has 0 fully saturated rings. The fourth-order valence-corrected chi connectivity index (χ4v) is 2.11. The predicted molar refractivity (Wildman–Crippen MR) is 53.1 cm³/mol. The average molecular weight is 185 g/mol. The molecule has 12 heavy (non-hydrogen) atoms. The molecule has 0 saturated carbocycles. The van der Waals surface area contributed by atoms with E-state index in [1.807, 2.05) is 6.08 Å². The van der Waals surface area contributed by atoms with Crippen molar-refractivity contribution in [1.82, 2.24) is 5.32 Å². The van der Waals surface area contributed by atoms with Crippen LogP contribution in [0.5, 0.6) is 0 Å². The van der Waals surface area contributed by atoms with E-state index in [1.54, 1.807) is 6.26 Å². The highest BCUT2D eigenvalue weighted by molar-refractivity contribution is 7.88. The second-order valence-corrected chi connectivity index (χ2v) is 4.12. The zero-order valence-electron chi connectivity index (χ0n) is 7.59. The highest BCUT2D eigenvalue weighted by Crippen LogP contribution is 2.18. The summed E-state index contributed by atoms with van der Waals surface area (Å²) >= 11 is 0. The molecule has 1 rings (SSSR count). The molecule has 3 heteroatoms. The first kappa shape index (κ1) is 9.52. The van der Waals surface area contributed by atoms with Crippen molar-refractivity contribution in [3.63, 3.8) is 0 Å². The van der Waals surface area contributed by atoms with Gasteiger partial charge in [0.1, 0.15) is 0 Å². The Hall–Kier alpha value is -0.570. The maximum atomic E-state index is 11.2. The molecule has 2 nitrogen and oxygen atoms in total. The van der Waals surface area contributed by atoms with Gasteiger partial charge in [-0.15, -0.1) is 0 Å². The first-order valence-corrected chi connectivity index (χ1v) is 5.78. The first-order chi connectivity index (χ1) is 5.75. The normalized spacial score (nSPS) is 19.5. The average Bonchev–Trinajstić information content (AvgIpc) is 2.05. The number of nitrogens with one attached hydrogen (secondary N) is 1. The van der Waals surface area contributed by atoms with Crippen molar-refractivity contribution in [3.8, 4) is 0 Å². The van der Waals surface area contributed by atoms with Gasteiger partial charge < -0.3 is 5.32 Å². The minimum absolute atomic E-state index is 0.853. The SMILES string of the molecule is CCNC1=C(S(C)=O)C=CCC1. The molecule has 0 spiro atoms. The first-order valence-electron chi connectivity index (χ1n) is 4.22. The van der Waals surface area contributed by atoms with Crippen LogP contribution in [0.3, 0.4) is 0 Å². The molecule has 1 unspecified atom stereocenters. The van der Waals surface area contributed by atoms with E-state index in [1.165, 1.54) is 0 Å². The van der Waals surface area contributed by atoms with E-state index in [-0.39, 0.29) is 0 Å². The second kappa shape index (κ2) is 4.45. The quantitative estimate of drug-likeness (QED) is 0.722. The number of rotatable bonds is 3. The zero-order chi connectivity index (χ0) is 8.97. The van der Waals surface area contributed by atoms with Crippen LogP contribution in [-0.2, 0) is 10.8 Å². The van der Waals surface area contributed by atoms with Gasteiger partial charge in [0.25, 0.3) is 0 Å². The number of hydrogen-bond donors (Lipinski definition) is 1. The van der Waals surface area contributed by atoms with Crippen LogP contribution < -0.4 is 5.32 Å². The Balaban J connectivity index is 2.84. The standard InChI is InChI=1S/C9H15NOS/c1-3-10-8-6-4-5-7-9(8)12(2)11/h5,7,10H,3-4,6H2,1-2H3. The van der Waals surface area contributed by atoms with Gasteiger partial charge in [-0.3, -0.25) is 4.21 Å². The molecule has 1 aliphatic carbocycles. The number of hydrogen-bond acceptors (Lipinski definition) is 2. The third kappa shape index (κ3) is 2.21. The minimum Gasteiger partial charge on any atom is -0.388 e. The predicted octanol–water partition coefficient (Wildman–Crippen LogP) is 1.54. The van der Waals surface area contributed by atoms with E-state index in [0.717, 1.165) is 30.0 Å². The van der Waals surface area contributed by atoms with Crippen LogP contribution in [0, 0.1) is 0 Å². The Morgan fingerprint density at radius 3 is 3.00 bits per heavy atom. The molecule has 0 aromatic carbocycles. The van der Waals surface area contributed by atoms with Gasteiger partial charge in [0.2, 0.25) is 0 Å². The molecular formula is C9H15NOS. The van der Waals surface area contributed by atoms with Crippen molar-refractivity contribution in [1.29, 1.82) is 0 Å². The van der Waals surface area contributed by atoms with Crippen molar-refractivity contribution >= 4 is 10.8 Å². The van der Waals surface area contributed by atoms with Crippen molar-refractivity contribution in [3.05, 3.63) is 22.8 Å². The van der Waals surface area contributed by atoms with Crippen LogP contribution in [0.2, 0.25) is 0 Å². The molecular weight excluding hydrogens is 170 g/mol. The molecule has 0 heterocycles. The summed E-state index contributed by atoms with van der Waals surface area (Å²) in [6, 6.07) is 0. The van der Waals surface area contributed by atoms with Gasteiger partial charge in [-0.05, 0) is 25.8 Å². The molecule has 0 aromatic heterocycles. The fourth-order valence-electron chi connectivity index (χ4n) is 1.30. The van der Waals surface area contributed by atoms with Gasteiger partial charge in [-0.2, -0.15) is 0 Å². The lowest BCUT2D eigenvalue weighted by Gasteiger charge is -2.14. The molecule has 0 amide bonds. The minimum atomic E-state index is -0.853. The summed E-state index contributed by atoms with van der Waals surface area (Å²) < 4.78 is 11.2. The third-order valence-corrected chi connectivity index (χ3v) is 2.83. The Morgan fingerprint density at radius 1 is 1.67 bits per heavy atom. The van der Waals surface area contributed by atoms with E-state index < -0.39 is 10.8 Å². The topological polar surface area (TPSA) is 29.1 Å². The van der Waals surface area contributed by atoms with Gasteiger partial charge in [0.05, 0.1) is 15.7 Å². The zero-order valence-corrected chi connectivity index (χ0v) is 8.41. The molecule has 1 atom stereocenters. The summed E-state index contributed by atoms with van der Waals surface area (Å²) in [6.45, 7) is 2.96. The fraction of sp³-hybridized carbons (Fsp3) is 0.556. The molecule has 0 bridgehead atoms. The van der Waals surface area contributed by atoms with E-state index in [2.05, 4.69) is 18.3 Å². The largest absolute Gasteiger partial charge is 0.388 e. The van der Waals surface area contributed by atoms with Crippen LogP contribution in [0.1, 0.15) is 19.8 Å². The van der Waals surface area contributed by atoms with Crippen LogP contribution >= 0.6 is 0 Å². The molecule has 0 aromatic rings. The van der Waals surface area contributed by atoms with Crippen molar-refractivity contribution in [2.24, 2.45) is 0 Å². The lowest BCUT2D eigenvalue weighted by Crippen LogP contribution is -2.17. The summed E-state index contributed by atoms with van der Waals surface area (Å²) in [5.74, 6) is 0. The van der Waals surface area contributed by atoms with Crippen molar-refractivity contribution in [2.45, 2.75) is 19.8 Å². The molecule has 0 aliphatic heterocycles. The van der Waals surface area contributed by atoms with E-state index in [0.29, 0.717) is 0 Å². The van der Waals surface area contributed by atoms with Crippen LogP contribution in [0.4, 0.5) is 0 Å². The Labute approximate surface area is 76.2 Å². The third-order valence-electron chi connectivity index (χ3n) is 1.83. The highest BCUT2D eigenvalue weighted by Gasteiger charge is 2.09. The molecule has 68 valence electrons. The summed E-state index contributed by atoms with van der Waals surface area (Å²) in [5.41, 5.74) is 1.15. The molecule has 0 radical (unpaired) electrons. The van der Waals surface area contributed by atoms with Gasteiger partial charge in [0.15, 0.2) is 0 Å². The van der Waals surface area contributed by atoms with E-state index in [9.17, 15) is 4.21 Å². The van der Waals surface area contributed by atoms with Gasteiger partial charge in [-0.25, -0.2) is 0 Å². The van der Waals surface area contributed by atoms with Crippen LogP contribution in [0.15, 0.2) is 22.8 Å². The van der Waals surface area contributed by atoms with Gasteiger partial charge >= 0.3 is 0 Å². The van der Waals surface area contributed by atoms with Crippen LogP contribution in [-0.4, -0.2) is 17.0 Å². The lowest BCUT2D eigenvalue weighted by molar-refractivity contribution is 0.688. The van der Waals surface area contributed by atoms with Crippen LogP contribution in [0.25, 0.3) is 0 Å². The second-order valence-electron chi connectivity index (χ2n) is 2.77. The van der Waals surface area contributed by atoms with E-state index >= 15 is 0 Å². The Morgan fingerprint density at radius 2 is 2.42 bits per heavy atom. The Kier molecular flexibility index (Phi) is 3.53. The van der Waals surface area contributed by atoms with E-state index in [4.69, 9.17) is 0 Å². The monoisotopic (exact) mass is 185 g/mol. The highest BCUT2D eigenvalue weighted by atomic mass is 32.2. The van der Waals surface area contributed by atoms with Crippen molar-refractivity contribution in [2.75, 3.05) is 12.8 Å². The molecule has 1 N–H and O–H groups in total. The Bertz CT molecular complexity index is 243. The molecule has 1 aliphatic rings. The van der Waals surface area contributed by atoms with Gasteiger partial charge in [0, 0.05) is 18.5 Å². The van der Waals surface area contributed by atoms with Crippen molar-refractivity contribution < 1.29 is 4.21 Å². The maximum Gasteiger partial charge on any atom is 0.0571 e. The summed E-state index contributed by atoms with van der Waals surface area (Å²) in [5, 5.41) is 3.25. The summed E-state index contributed by atoms with van der Waals surface area (Å²) in [7, 11) is -0.853. The number of allylic oxidation sites excluding steroid dienone is 3. The lowest BCUT2D eigenvalue weighted by atomic mass is 10.1. The van der Waals surface area contributed by atoms with Gasteiger partial charge in [-0.1, -0.05) is 6.08 Å².